The van der Waals surface area contributed by atoms with Crippen LogP contribution >= 0.6 is 15.9 Å². The third-order valence-corrected chi connectivity index (χ3v) is 4.23. The van der Waals surface area contributed by atoms with Crippen LogP contribution in [0, 0.1) is 0 Å². The number of nitrogens with one attached hydrogen (secondary N) is 1. The molecule has 0 aliphatic heterocycles. The van der Waals surface area contributed by atoms with Gasteiger partial charge in [0.25, 0.3) is 0 Å². The number of nitrogens with zero attached hydrogens (tertiary/aromatic N) is 1. The second-order valence-corrected chi connectivity index (χ2v) is 6.56. The zero-order chi connectivity index (χ0) is 13.4. The van der Waals surface area contributed by atoms with Gasteiger partial charge in [-0.25, -0.2) is 13.1 Å². The molecule has 18 heavy (non-hydrogen) atoms. The molecule has 0 aromatic carbocycles. The molecule has 1 aromatic rings. The van der Waals surface area contributed by atoms with Gasteiger partial charge in [-0.2, -0.15) is 0 Å². The van der Waals surface area contributed by atoms with Crippen molar-refractivity contribution in [1.29, 1.82) is 0 Å². The van der Waals surface area contributed by atoms with Gasteiger partial charge in [0.05, 0.1) is 0 Å². The van der Waals surface area contributed by atoms with Crippen LogP contribution in [0.15, 0.2) is 27.8 Å². The Bertz CT molecular complexity index is 465. The highest BCUT2D eigenvalue weighted by Crippen LogP contribution is 2.14. The topological polar surface area (TPSA) is 79.3 Å². The molecule has 0 saturated carbocycles. The number of aliphatic hydroxyl groups excluding tert-OH is 1. The standard InChI is InChI=1S/C11H17BrN2O3S/c12-10-7-11(9-13-8-10)18(16,17)14-5-3-1-2-4-6-15/h7-9,14-15H,1-6H2. The number of halogens is 1. The summed E-state index contributed by atoms with van der Waals surface area (Å²) in [6, 6.07) is 1.51. The number of aliphatic hydroxyl groups is 1. The van der Waals surface area contributed by atoms with Crippen LogP contribution in [0.2, 0.25) is 0 Å². The van der Waals surface area contributed by atoms with E-state index < -0.39 is 10.0 Å². The number of hydrogen-bond donors (Lipinski definition) is 2. The average molecular weight is 337 g/mol. The maximum Gasteiger partial charge on any atom is 0.242 e. The van der Waals surface area contributed by atoms with Gasteiger partial charge in [0.1, 0.15) is 4.90 Å². The smallest absolute Gasteiger partial charge is 0.242 e. The summed E-state index contributed by atoms with van der Waals surface area (Å²) in [5.41, 5.74) is 0. The summed E-state index contributed by atoms with van der Waals surface area (Å²) in [6.45, 7) is 0.593. The van der Waals surface area contributed by atoms with Crippen LogP contribution in [0.1, 0.15) is 25.7 Å². The zero-order valence-corrected chi connectivity index (χ0v) is 12.4. The normalized spacial score (nSPS) is 11.7. The van der Waals surface area contributed by atoms with E-state index in [0.717, 1.165) is 25.7 Å². The Morgan fingerprint density at radius 3 is 2.61 bits per heavy atom. The third kappa shape index (κ3) is 5.43. The van der Waals surface area contributed by atoms with Crippen molar-refractivity contribution in [2.75, 3.05) is 13.2 Å². The van der Waals surface area contributed by atoms with Crippen molar-refractivity contribution in [3.63, 3.8) is 0 Å². The first-order valence-corrected chi connectivity index (χ1v) is 8.05. The summed E-state index contributed by atoms with van der Waals surface area (Å²) in [5, 5.41) is 8.60. The van der Waals surface area contributed by atoms with Crippen molar-refractivity contribution in [1.82, 2.24) is 9.71 Å². The Kier molecular flexibility index (Phi) is 6.77. The number of rotatable bonds is 8. The summed E-state index contributed by atoms with van der Waals surface area (Å²) >= 11 is 3.19. The maximum absolute atomic E-state index is 11.9. The molecule has 5 nitrogen and oxygen atoms in total. The van der Waals surface area contributed by atoms with Crippen molar-refractivity contribution in [3.05, 3.63) is 22.9 Å². The van der Waals surface area contributed by atoms with E-state index >= 15 is 0 Å². The number of hydrogen-bond acceptors (Lipinski definition) is 4. The molecular weight excluding hydrogens is 320 g/mol. The summed E-state index contributed by atoms with van der Waals surface area (Å²) in [5.74, 6) is 0. The van der Waals surface area contributed by atoms with Gasteiger partial charge in [0, 0.05) is 30.0 Å². The minimum atomic E-state index is -3.47. The lowest BCUT2D eigenvalue weighted by Gasteiger charge is -2.06. The molecule has 1 aromatic heterocycles. The van der Waals surface area contributed by atoms with Crippen LogP contribution in [0.25, 0.3) is 0 Å². The number of pyridine rings is 1. The van der Waals surface area contributed by atoms with Crippen molar-refractivity contribution >= 4 is 26.0 Å². The van der Waals surface area contributed by atoms with E-state index in [1.807, 2.05) is 0 Å². The highest BCUT2D eigenvalue weighted by atomic mass is 79.9. The van der Waals surface area contributed by atoms with Gasteiger partial charge in [-0.3, -0.25) is 4.98 Å². The van der Waals surface area contributed by atoms with E-state index in [1.54, 1.807) is 0 Å². The highest BCUT2D eigenvalue weighted by molar-refractivity contribution is 9.10. The fourth-order valence-corrected chi connectivity index (χ4v) is 3.00. The van der Waals surface area contributed by atoms with Crippen molar-refractivity contribution in [3.8, 4) is 0 Å². The van der Waals surface area contributed by atoms with E-state index in [1.165, 1.54) is 18.5 Å². The lowest BCUT2D eigenvalue weighted by Crippen LogP contribution is -2.24. The minimum absolute atomic E-state index is 0.159. The van der Waals surface area contributed by atoms with Gasteiger partial charge < -0.3 is 5.11 Å². The van der Waals surface area contributed by atoms with Gasteiger partial charge in [-0.05, 0) is 34.8 Å². The van der Waals surface area contributed by atoms with Crippen LogP contribution in [0.3, 0.4) is 0 Å². The molecule has 0 atom stereocenters. The highest BCUT2D eigenvalue weighted by Gasteiger charge is 2.13. The predicted octanol–water partition coefficient (Wildman–Crippen LogP) is 1.68. The Balaban J connectivity index is 2.41. The van der Waals surface area contributed by atoms with Gasteiger partial charge in [0.2, 0.25) is 10.0 Å². The lowest BCUT2D eigenvalue weighted by molar-refractivity contribution is 0.282. The van der Waals surface area contributed by atoms with Crippen molar-refractivity contribution in [2.45, 2.75) is 30.6 Å². The van der Waals surface area contributed by atoms with Crippen molar-refractivity contribution in [2.24, 2.45) is 0 Å². The molecule has 102 valence electrons. The summed E-state index contributed by atoms with van der Waals surface area (Å²) in [7, 11) is -3.47. The number of sulfonamides is 1. The Morgan fingerprint density at radius 2 is 1.94 bits per heavy atom. The SMILES string of the molecule is O=S(=O)(NCCCCCCO)c1cncc(Br)c1. The quantitative estimate of drug-likeness (QED) is 0.708. The molecule has 0 fully saturated rings. The van der Waals surface area contributed by atoms with Gasteiger partial charge >= 0.3 is 0 Å². The van der Waals surface area contributed by atoms with E-state index in [0.29, 0.717) is 11.0 Å². The Labute approximate surface area is 116 Å². The number of unbranched alkanes of at least 4 members (excludes halogenated alkanes) is 3. The molecule has 1 rings (SSSR count). The third-order valence-electron chi connectivity index (χ3n) is 2.37. The molecule has 0 aliphatic rings. The van der Waals surface area contributed by atoms with Crippen LogP contribution in [0.4, 0.5) is 0 Å². The molecule has 1 heterocycles. The largest absolute Gasteiger partial charge is 0.396 e. The molecule has 0 saturated heterocycles. The second kappa shape index (κ2) is 7.83. The number of aromatic nitrogens is 1. The second-order valence-electron chi connectivity index (χ2n) is 3.87. The molecule has 7 heteroatoms. The predicted molar refractivity (Wildman–Crippen MR) is 72.7 cm³/mol. The first-order chi connectivity index (χ1) is 8.56. The fraction of sp³-hybridized carbons (Fsp3) is 0.545. The van der Waals surface area contributed by atoms with E-state index in [-0.39, 0.29) is 11.5 Å². The maximum atomic E-state index is 11.9. The van der Waals surface area contributed by atoms with Crippen LogP contribution in [-0.4, -0.2) is 31.7 Å². The molecule has 0 aliphatic carbocycles. The summed E-state index contributed by atoms with van der Waals surface area (Å²) in [6.07, 6.45) is 6.20. The first-order valence-electron chi connectivity index (χ1n) is 5.77. The lowest BCUT2D eigenvalue weighted by atomic mass is 10.2. The molecule has 0 radical (unpaired) electrons. The molecule has 2 N–H and O–H groups in total. The van der Waals surface area contributed by atoms with Crippen LogP contribution < -0.4 is 4.72 Å². The first kappa shape index (κ1) is 15.6. The molecule has 0 bridgehead atoms. The van der Waals surface area contributed by atoms with E-state index in [4.69, 9.17) is 5.11 Å². The summed E-state index contributed by atoms with van der Waals surface area (Å²) in [4.78, 5) is 3.98. The van der Waals surface area contributed by atoms with E-state index in [2.05, 4.69) is 25.6 Å². The fourth-order valence-electron chi connectivity index (χ4n) is 1.42. The molecular formula is C11H17BrN2O3S. The average Bonchev–Trinajstić information content (AvgIpc) is 2.33. The van der Waals surface area contributed by atoms with Crippen molar-refractivity contribution < 1.29 is 13.5 Å². The Hall–Kier alpha value is -0.500. The molecule has 0 amide bonds. The minimum Gasteiger partial charge on any atom is -0.396 e. The van der Waals surface area contributed by atoms with Gasteiger partial charge in [0.15, 0.2) is 0 Å². The van der Waals surface area contributed by atoms with E-state index in [9.17, 15) is 8.42 Å². The molecule has 0 unspecified atom stereocenters. The monoisotopic (exact) mass is 336 g/mol. The molecule has 0 spiro atoms. The Morgan fingerprint density at radius 1 is 1.22 bits per heavy atom. The summed E-state index contributed by atoms with van der Waals surface area (Å²) < 4.78 is 26.9. The van der Waals surface area contributed by atoms with Crippen LogP contribution in [-0.2, 0) is 10.0 Å². The van der Waals surface area contributed by atoms with Crippen LogP contribution in [0.5, 0.6) is 0 Å². The van der Waals surface area contributed by atoms with Gasteiger partial charge in [-0.15, -0.1) is 0 Å². The zero-order valence-electron chi connectivity index (χ0n) is 9.97. The van der Waals surface area contributed by atoms with Gasteiger partial charge in [-0.1, -0.05) is 12.8 Å².